The molecule has 0 saturated carbocycles. The summed E-state index contributed by atoms with van der Waals surface area (Å²) in [6, 6.07) is 3.97. The summed E-state index contributed by atoms with van der Waals surface area (Å²) in [4.78, 5) is 27.2. The van der Waals surface area contributed by atoms with Gasteiger partial charge in [-0.2, -0.15) is 0 Å². The van der Waals surface area contributed by atoms with Crippen LogP contribution in [0.15, 0.2) is 17.5 Å². The van der Waals surface area contributed by atoms with Crippen molar-refractivity contribution in [3.63, 3.8) is 0 Å². The first-order valence-corrected chi connectivity index (χ1v) is 8.52. The van der Waals surface area contributed by atoms with E-state index < -0.39 is 0 Å². The Kier molecular flexibility index (Phi) is 5.79. The van der Waals surface area contributed by atoms with Crippen LogP contribution in [-0.2, 0) is 16.0 Å². The van der Waals surface area contributed by atoms with Crippen LogP contribution in [0.3, 0.4) is 0 Å². The van der Waals surface area contributed by atoms with E-state index in [9.17, 15) is 9.59 Å². The molecule has 2 rings (SSSR count). The maximum Gasteiger partial charge on any atom is 0.227 e. The first kappa shape index (κ1) is 16.0. The summed E-state index contributed by atoms with van der Waals surface area (Å²) in [7, 11) is 0. The molecule has 4 nitrogen and oxygen atoms in total. The molecule has 5 heteroatoms. The lowest BCUT2D eigenvalue weighted by Crippen LogP contribution is -2.44. The Balaban J connectivity index is 1.75. The van der Waals surface area contributed by atoms with Gasteiger partial charge in [-0.1, -0.05) is 19.9 Å². The standard InChI is InChI=1S/C16H24N2O2S/c1-12(2)11-17-16(20)13-5-7-18(8-6-13)15(19)10-14-4-3-9-21-14/h3-4,9,12-13H,5-8,10-11H2,1-2H3,(H,17,20). The molecule has 1 aromatic rings. The van der Waals surface area contributed by atoms with Crippen molar-refractivity contribution in [1.29, 1.82) is 0 Å². The molecule has 2 amide bonds. The fourth-order valence-electron chi connectivity index (χ4n) is 2.51. The van der Waals surface area contributed by atoms with Crippen molar-refractivity contribution in [3.8, 4) is 0 Å². The van der Waals surface area contributed by atoms with Gasteiger partial charge in [-0.05, 0) is 30.2 Å². The van der Waals surface area contributed by atoms with E-state index >= 15 is 0 Å². The predicted molar refractivity (Wildman–Crippen MR) is 85.2 cm³/mol. The third-order valence-electron chi connectivity index (χ3n) is 3.81. The van der Waals surface area contributed by atoms with Crippen LogP contribution in [0.2, 0.25) is 0 Å². The average Bonchev–Trinajstić information content (AvgIpc) is 2.97. The Hall–Kier alpha value is -1.36. The van der Waals surface area contributed by atoms with Crippen LogP contribution in [0.5, 0.6) is 0 Å². The number of rotatable bonds is 5. The Labute approximate surface area is 130 Å². The van der Waals surface area contributed by atoms with E-state index in [-0.39, 0.29) is 17.7 Å². The highest BCUT2D eigenvalue weighted by Crippen LogP contribution is 2.19. The van der Waals surface area contributed by atoms with E-state index in [0.29, 0.717) is 25.4 Å². The minimum absolute atomic E-state index is 0.0644. The molecule has 1 fully saturated rings. The topological polar surface area (TPSA) is 49.4 Å². The maximum atomic E-state index is 12.2. The van der Waals surface area contributed by atoms with E-state index in [1.54, 1.807) is 11.3 Å². The van der Waals surface area contributed by atoms with Gasteiger partial charge in [-0.3, -0.25) is 9.59 Å². The van der Waals surface area contributed by atoms with Crippen molar-refractivity contribution in [2.45, 2.75) is 33.1 Å². The number of nitrogens with one attached hydrogen (secondary N) is 1. The highest BCUT2D eigenvalue weighted by atomic mass is 32.1. The third kappa shape index (κ3) is 4.84. The zero-order valence-electron chi connectivity index (χ0n) is 12.8. The molecule has 1 N–H and O–H groups in total. The fraction of sp³-hybridized carbons (Fsp3) is 0.625. The number of carbonyl (C=O) groups excluding carboxylic acids is 2. The SMILES string of the molecule is CC(C)CNC(=O)C1CCN(C(=O)Cc2cccs2)CC1. The van der Waals surface area contributed by atoms with Gasteiger partial charge in [-0.15, -0.1) is 11.3 Å². The smallest absolute Gasteiger partial charge is 0.227 e. The zero-order valence-corrected chi connectivity index (χ0v) is 13.6. The summed E-state index contributed by atoms with van der Waals surface area (Å²) < 4.78 is 0. The van der Waals surface area contributed by atoms with Gasteiger partial charge < -0.3 is 10.2 Å². The third-order valence-corrected chi connectivity index (χ3v) is 4.68. The molecule has 1 saturated heterocycles. The predicted octanol–water partition coefficient (Wildman–Crippen LogP) is 2.30. The Morgan fingerprint density at radius 2 is 2.10 bits per heavy atom. The molecule has 1 aliphatic heterocycles. The molecular formula is C16H24N2O2S. The van der Waals surface area contributed by atoms with Gasteiger partial charge in [0.25, 0.3) is 0 Å². The second-order valence-electron chi connectivity index (χ2n) is 6.05. The number of amides is 2. The second-order valence-corrected chi connectivity index (χ2v) is 7.08. The van der Waals surface area contributed by atoms with E-state index in [0.717, 1.165) is 24.3 Å². The molecule has 0 aromatic carbocycles. The van der Waals surface area contributed by atoms with Crippen LogP contribution in [0, 0.1) is 11.8 Å². The maximum absolute atomic E-state index is 12.2. The molecule has 1 aromatic heterocycles. The molecule has 0 radical (unpaired) electrons. The monoisotopic (exact) mass is 308 g/mol. The van der Waals surface area contributed by atoms with Gasteiger partial charge in [0, 0.05) is 30.4 Å². The van der Waals surface area contributed by atoms with Crippen molar-refractivity contribution >= 4 is 23.2 Å². The van der Waals surface area contributed by atoms with Crippen LogP contribution in [0.1, 0.15) is 31.6 Å². The normalized spacial score (nSPS) is 16.2. The number of hydrogen-bond acceptors (Lipinski definition) is 3. The quantitative estimate of drug-likeness (QED) is 0.907. The number of nitrogens with zero attached hydrogens (tertiary/aromatic N) is 1. The van der Waals surface area contributed by atoms with Gasteiger partial charge in [0.2, 0.25) is 11.8 Å². The first-order valence-electron chi connectivity index (χ1n) is 7.64. The number of thiophene rings is 1. The average molecular weight is 308 g/mol. The zero-order chi connectivity index (χ0) is 15.2. The first-order chi connectivity index (χ1) is 10.1. The van der Waals surface area contributed by atoms with Crippen LogP contribution >= 0.6 is 11.3 Å². The molecule has 0 bridgehead atoms. The van der Waals surface area contributed by atoms with Gasteiger partial charge in [0.1, 0.15) is 0 Å². The van der Waals surface area contributed by atoms with Crippen molar-refractivity contribution in [2.24, 2.45) is 11.8 Å². The minimum atomic E-state index is 0.0644. The molecule has 0 aliphatic carbocycles. The molecule has 21 heavy (non-hydrogen) atoms. The Bertz CT molecular complexity index is 463. The van der Waals surface area contributed by atoms with Gasteiger partial charge in [0.15, 0.2) is 0 Å². The van der Waals surface area contributed by atoms with Gasteiger partial charge >= 0.3 is 0 Å². The lowest BCUT2D eigenvalue weighted by molar-refractivity contribution is -0.135. The lowest BCUT2D eigenvalue weighted by atomic mass is 9.95. The Morgan fingerprint density at radius 1 is 1.38 bits per heavy atom. The summed E-state index contributed by atoms with van der Waals surface area (Å²) in [5.41, 5.74) is 0. The summed E-state index contributed by atoms with van der Waals surface area (Å²) in [5, 5.41) is 4.99. The number of likely N-dealkylation sites (tertiary alicyclic amines) is 1. The second kappa shape index (κ2) is 7.59. The fourth-order valence-corrected chi connectivity index (χ4v) is 3.21. The molecule has 1 aliphatic rings. The number of piperidine rings is 1. The summed E-state index contributed by atoms with van der Waals surface area (Å²) >= 11 is 1.62. The van der Waals surface area contributed by atoms with Crippen molar-refractivity contribution in [3.05, 3.63) is 22.4 Å². The molecular weight excluding hydrogens is 284 g/mol. The van der Waals surface area contributed by atoms with Crippen LogP contribution in [0.4, 0.5) is 0 Å². The molecule has 0 atom stereocenters. The van der Waals surface area contributed by atoms with Crippen molar-refractivity contribution in [1.82, 2.24) is 10.2 Å². The van der Waals surface area contributed by atoms with Crippen molar-refractivity contribution in [2.75, 3.05) is 19.6 Å². The van der Waals surface area contributed by atoms with E-state index in [2.05, 4.69) is 19.2 Å². The molecule has 116 valence electrons. The molecule has 0 spiro atoms. The number of hydrogen-bond donors (Lipinski definition) is 1. The Morgan fingerprint density at radius 3 is 2.67 bits per heavy atom. The van der Waals surface area contributed by atoms with Crippen LogP contribution < -0.4 is 5.32 Å². The lowest BCUT2D eigenvalue weighted by Gasteiger charge is -2.31. The largest absolute Gasteiger partial charge is 0.356 e. The molecule has 0 unspecified atom stereocenters. The summed E-state index contributed by atoms with van der Waals surface area (Å²) in [6.45, 7) is 6.31. The van der Waals surface area contributed by atoms with E-state index in [1.165, 1.54) is 0 Å². The van der Waals surface area contributed by atoms with Crippen LogP contribution in [0.25, 0.3) is 0 Å². The summed E-state index contributed by atoms with van der Waals surface area (Å²) in [5.74, 6) is 0.864. The van der Waals surface area contributed by atoms with Crippen LogP contribution in [-0.4, -0.2) is 36.3 Å². The van der Waals surface area contributed by atoms with Gasteiger partial charge in [-0.25, -0.2) is 0 Å². The van der Waals surface area contributed by atoms with E-state index in [1.807, 2.05) is 22.4 Å². The van der Waals surface area contributed by atoms with Gasteiger partial charge in [0.05, 0.1) is 6.42 Å². The minimum Gasteiger partial charge on any atom is -0.356 e. The van der Waals surface area contributed by atoms with Crippen molar-refractivity contribution < 1.29 is 9.59 Å². The molecule has 2 heterocycles. The summed E-state index contributed by atoms with van der Waals surface area (Å²) in [6.07, 6.45) is 2.04. The highest BCUT2D eigenvalue weighted by Gasteiger charge is 2.27. The number of carbonyl (C=O) groups is 2. The highest BCUT2D eigenvalue weighted by molar-refractivity contribution is 7.10. The van der Waals surface area contributed by atoms with E-state index in [4.69, 9.17) is 0 Å².